The maximum absolute atomic E-state index is 12.1. The van der Waals surface area contributed by atoms with Crippen molar-refractivity contribution in [2.45, 2.75) is 97.7 Å². The van der Waals surface area contributed by atoms with E-state index in [0.717, 1.165) is 32.1 Å². The number of amides is 2. The molecule has 166 valence electrons. The van der Waals surface area contributed by atoms with E-state index in [4.69, 9.17) is 10.4 Å². The van der Waals surface area contributed by atoms with Crippen LogP contribution in [0.25, 0.3) is 0 Å². The molecule has 0 bridgehead atoms. The molecule has 0 aliphatic rings. The third kappa shape index (κ3) is 11.6. The fourth-order valence-corrected chi connectivity index (χ4v) is 3.32. The molecule has 0 heterocycles. The second-order valence-corrected chi connectivity index (χ2v) is 7.89. The van der Waals surface area contributed by atoms with Gasteiger partial charge in [-0.3, -0.25) is 9.59 Å². The van der Waals surface area contributed by atoms with Gasteiger partial charge in [0.15, 0.2) is 0 Å². The molecule has 5 atom stereocenters. The molecule has 0 aromatic heterocycles. The lowest BCUT2D eigenvalue weighted by Gasteiger charge is -2.22. The van der Waals surface area contributed by atoms with Gasteiger partial charge in [-0.05, 0) is 51.9 Å². The molecule has 0 aromatic carbocycles. The second kappa shape index (κ2) is 15.7. The van der Waals surface area contributed by atoms with Gasteiger partial charge < -0.3 is 21.0 Å². The van der Waals surface area contributed by atoms with Crippen molar-refractivity contribution in [3.8, 4) is 0 Å². The first-order chi connectivity index (χ1) is 13.3. The molecule has 0 saturated heterocycles. The van der Waals surface area contributed by atoms with Crippen LogP contribution in [0.15, 0.2) is 0 Å². The van der Waals surface area contributed by atoms with Gasteiger partial charge in [0, 0.05) is 37.5 Å². The monoisotopic (exact) mass is 402 g/mol. The number of nitrogens with one attached hydrogen (secondary N) is 4. The van der Waals surface area contributed by atoms with Crippen LogP contribution >= 0.6 is 0 Å². The average Bonchev–Trinajstić information content (AvgIpc) is 2.68. The zero-order valence-electron chi connectivity index (χ0n) is 18.3. The summed E-state index contributed by atoms with van der Waals surface area (Å²) in [7, 11) is 0. The molecule has 6 N–H and O–H groups in total. The SMILES string of the molecule is CCC(CC(=O)NCCCCC(C)NC(=O)CC(CC)C(C)NO)C(C)NO. The van der Waals surface area contributed by atoms with E-state index in [1.54, 1.807) is 0 Å². The van der Waals surface area contributed by atoms with Crippen LogP contribution in [0.5, 0.6) is 0 Å². The van der Waals surface area contributed by atoms with Crippen molar-refractivity contribution in [3.05, 3.63) is 0 Å². The Balaban J connectivity index is 3.96. The molecule has 0 aliphatic heterocycles. The van der Waals surface area contributed by atoms with E-state index in [2.05, 4.69) is 21.6 Å². The highest BCUT2D eigenvalue weighted by atomic mass is 16.5. The number of unbranched alkanes of at least 4 members (excludes halogenated alkanes) is 1. The lowest BCUT2D eigenvalue weighted by Crippen LogP contribution is -2.38. The molecule has 0 radical (unpaired) electrons. The molecular weight excluding hydrogens is 360 g/mol. The minimum atomic E-state index is -0.113. The molecule has 0 fully saturated rings. The highest BCUT2D eigenvalue weighted by molar-refractivity contribution is 5.76. The summed E-state index contributed by atoms with van der Waals surface area (Å²) in [6.45, 7) is 10.3. The van der Waals surface area contributed by atoms with Gasteiger partial charge in [0.05, 0.1) is 0 Å². The quantitative estimate of drug-likeness (QED) is 0.174. The van der Waals surface area contributed by atoms with Gasteiger partial charge in [0.1, 0.15) is 0 Å². The highest BCUT2D eigenvalue weighted by Crippen LogP contribution is 2.14. The number of carbonyl (C=O) groups excluding carboxylic acids is 2. The van der Waals surface area contributed by atoms with Crippen LogP contribution in [0.2, 0.25) is 0 Å². The molecule has 5 unspecified atom stereocenters. The smallest absolute Gasteiger partial charge is 0.220 e. The summed E-state index contributed by atoms with van der Waals surface area (Å²) in [5.74, 6) is 0.221. The molecule has 8 nitrogen and oxygen atoms in total. The van der Waals surface area contributed by atoms with Crippen LogP contribution in [-0.2, 0) is 9.59 Å². The molecule has 0 aliphatic carbocycles. The maximum Gasteiger partial charge on any atom is 0.220 e. The van der Waals surface area contributed by atoms with Crippen LogP contribution in [0.1, 0.15) is 79.6 Å². The Bertz CT molecular complexity index is 436. The standard InChI is InChI=1S/C20H42N4O4/c1-6-17(15(4)23-27)12-19(25)21-11-9-8-10-14(3)22-20(26)13-18(7-2)16(5)24-28/h14-18,23-24,27-28H,6-13H2,1-5H3,(H,21,25)(H,22,26). The van der Waals surface area contributed by atoms with E-state index >= 15 is 0 Å². The van der Waals surface area contributed by atoms with Gasteiger partial charge in [-0.25, -0.2) is 11.0 Å². The van der Waals surface area contributed by atoms with Gasteiger partial charge in [-0.2, -0.15) is 0 Å². The fraction of sp³-hybridized carbons (Fsp3) is 0.900. The Labute approximate surface area is 170 Å². The van der Waals surface area contributed by atoms with E-state index in [-0.39, 0.29) is 41.8 Å². The number of hydroxylamine groups is 2. The molecule has 0 aromatic rings. The van der Waals surface area contributed by atoms with Gasteiger partial charge in [-0.15, -0.1) is 0 Å². The topological polar surface area (TPSA) is 123 Å². The molecule has 28 heavy (non-hydrogen) atoms. The Morgan fingerprint density at radius 1 is 0.821 bits per heavy atom. The first kappa shape index (κ1) is 26.8. The summed E-state index contributed by atoms with van der Waals surface area (Å²) in [6, 6.07) is -0.138. The average molecular weight is 403 g/mol. The van der Waals surface area contributed by atoms with E-state index in [1.165, 1.54) is 0 Å². The van der Waals surface area contributed by atoms with Crippen molar-refractivity contribution in [2.24, 2.45) is 11.8 Å². The van der Waals surface area contributed by atoms with Crippen molar-refractivity contribution in [3.63, 3.8) is 0 Å². The lowest BCUT2D eigenvalue weighted by molar-refractivity contribution is -0.123. The summed E-state index contributed by atoms with van der Waals surface area (Å²) in [5.41, 5.74) is 4.45. The Morgan fingerprint density at radius 3 is 1.79 bits per heavy atom. The molecule has 8 heteroatoms. The first-order valence-corrected chi connectivity index (χ1v) is 10.6. The molecule has 0 rings (SSSR count). The predicted octanol–water partition coefficient (Wildman–Crippen LogP) is 2.34. The van der Waals surface area contributed by atoms with Crippen LogP contribution < -0.4 is 21.6 Å². The van der Waals surface area contributed by atoms with Crippen molar-refractivity contribution < 1.29 is 20.0 Å². The Morgan fingerprint density at radius 2 is 1.32 bits per heavy atom. The lowest BCUT2D eigenvalue weighted by atomic mass is 9.94. The maximum atomic E-state index is 12.1. The second-order valence-electron chi connectivity index (χ2n) is 7.89. The predicted molar refractivity (Wildman–Crippen MR) is 110 cm³/mol. The minimum Gasteiger partial charge on any atom is -0.356 e. The summed E-state index contributed by atoms with van der Waals surface area (Å²) in [6.07, 6.45) is 5.07. The van der Waals surface area contributed by atoms with E-state index in [0.29, 0.717) is 19.4 Å². The molecular formula is C20H42N4O4. The Hall–Kier alpha value is -1.22. The zero-order chi connectivity index (χ0) is 21.5. The normalized spacial score (nSPS) is 16.7. The van der Waals surface area contributed by atoms with Crippen molar-refractivity contribution in [1.29, 1.82) is 0 Å². The van der Waals surface area contributed by atoms with Gasteiger partial charge in [0.2, 0.25) is 11.8 Å². The van der Waals surface area contributed by atoms with Crippen LogP contribution in [0.4, 0.5) is 0 Å². The van der Waals surface area contributed by atoms with Gasteiger partial charge in [0.25, 0.3) is 0 Å². The van der Waals surface area contributed by atoms with Crippen LogP contribution in [0, 0.1) is 11.8 Å². The molecule has 0 spiro atoms. The van der Waals surface area contributed by atoms with Crippen molar-refractivity contribution in [2.75, 3.05) is 6.54 Å². The number of hydrogen-bond donors (Lipinski definition) is 6. The summed E-state index contributed by atoms with van der Waals surface area (Å²) in [5, 5.41) is 23.9. The van der Waals surface area contributed by atoms with Crippen LogP contribution in [0.3, 0.4) is 0 Å². The zero-order valence-corrected chi connectivity index (χ0v) is 18.3. The molecule has 2 amide bonds. The van der Waals surface area contributed by atoms with Crippen molar-refractivity contribution >= 4 is 11.8 Å². The van der Waals surface area contributed by atoms with E-state index in [9.17, 15) is 9.59 Å². The largest absolute Gasteiger partial charge is 0.356 e. The number of rotatable bonds is 16. The van der Waals surface area contributed by atoms with Gasteiger partial charge >= 0.3 is 0 Å². The number of carbonyl (C=O) groups is 2. The summed E-state index contributed by atoms with van der Waals surface area (Å²) < 4.78 is 0. The third-order valence-electron chi connectivity index (χ3n) is 5.56. The highest BCUT2D eigenvalue weighted by Gasteiger charge is 2.20. The summed E-state index contributed by atoms with van der Waals surface area (Å²) >= 11 is 0. The fourth-order valence-electron chi connectivity index (χ4n) is 3.32. The summed E-state index contributed by atoms with van der Waals surface area (Å²) in [4.78, 5) is 24.1. The minimum absolute atomic E-state index is 0.00646. The third-order valence-corrected chi connectivity index (χ3v) is 5.56. The van der Waals surface area contributed by atoms with Gasteiger partial charge in [-0.1, -0.05) is 26.7 Å². The molecule has 0 saturated carbocycles. The van der Waals surface area contributed by atoms with E-state index < -0.39 is 0 Å². The van der Waals surface area contributed by atoms with Crippen molar-refractivity contribution in [1.82, 2.24) is 21.6 Å². The first-order valence-electron chi connectivity index (χ1n) is 10.6. The number of hydrogen-bond acceptors (Lipinski definition) is 6. The van der Waals surface area contributed by atoms with Crippen LogP contribution in [-0.4, -0.2) is 46.9 Å². The Kier molecular flexibility index (Phi) is 15.0. The van der Waals surface area contributed by atoms with E-state index in [1.807, 2.05) is 34.6 Å².